The quantitative estimate of drug-likeness (QED) is 0.868. The van der Waals surface area contributed by atoms with Crippen molar-refractivity contribution in [2.75, 3.05) is 26.9 Å². The number of hydrogen-bond donors (Lipinski definition) is 1. The molecule has 1 heterocycles. The molecule has 4 nitrogen and oxygen atoms in total. The molecule has 1 fully saturated rings. The zero-order chi connectivity index (χ0) is 12.8. The van der Waals surface area contributed by atoms with Crippen LogP contribution in [0.2, 0.25) is 0 Å². The van der Waals surface area contributed by atoms with Gasteiger partial charge in [0.15, 0.2) is 11.5 Å². The summed E-state index contributed by atoms with van der Waals surface area (Å²) in [5.74, 6) is 1.46. The summed E-state index contributed by atoms with van der Waals surface area (Å²) < 4.78 is 16.6. The maximum atomic E-state index is 8.93. The first-order valence-corrected chi connectivity index (χ1v) is 6.35. The van der Waals surface area contributed by atoms with Crippen molar-refractivity contribution in [2.24, 2.45) is 0 Å². The number of hydrogen-bond acceptors (Lipinski definition) is 4. The Hall–Kier alpha value is -1.26. The monoisotopic (exact) mass is 252 g/mol. The van der Waals surface area contributed by atoms with Crippen LogP contribution in [0.3, 0.4) is 0 Å². The van der Waals surface area contributed by atoms with E-state index in [-0.39, 0.29) is 12.7 Å². The van der Waals surface area contributed by atoms with Crippen LogP contribution in [0.15, 0.2) is 18.2 Å². The molecule has 0 aliphatic carbocycles. The second-order valence-corrected chi connectivity index (χ2v) is 4.42. The topological polar surface area (TPSA) is 47.9 Å². The van der Waals surface area contributed by atoms with Gasteiger partial charge in [-0.3, -0.25) is 0 Å². The van der Waals surface area contributed by atoms with Crippen LogP contribution in [0.1, 0.15) is 18.4 Å². The van der Waals surface area contributed by atoms with Crippen LogP contribution in [0, 0.1) is 0 Å². The lowest BCUT2D eigenvalue weighted by Gasteiger charge is -2.24. The zero-order valence-electron chi connectivity index (χ0n) is 10.7. The highest BCUT2D eigenvalue weighted by Gasteiger charge is 2.17. The van der Waals surface area contributed by atoms with Gasteiger partial charge < -0.3 is 19.3 Å². The molecule has 1 aromatic rings. The summed E-state index contributed by atoms with van der Waals surface area (Å²) >= 11 is 0. The highest BCUT2D eigenvalue weighted by Crippen LogP contribution is 2.30. The minimum Gasteiger partial charge on any atom is -0.493 e. The summed E-state index contributed by atoms with van der Waals surface area (Å²) in [6.45, 7) is 1.60. The Balaban J connectivity index is 2.06. The molecular formula is C14H20O4. The Kier molecular flexibility index (Phi) is 4.84. The second kappa shape index (κ2) is 6.61. The van der Waals surface area contributed by atoms with Gasteiger partial charge in [-0.05, 0) is 37.0 Å². The first-order valence-electron chi connectivity index (χ1n) is 6.35. The fourth-order valence-electron chi connectivity index (χ4n) is 2.08. The first-order chi connectivity index (χ1) is 8.83. The van der Waals surface area contributed by atoms with Crippen molar-refractivity contribution < 1.29 is 19.3 Å². The van der Waals surface area contributed by atoms with Gasteiger partial charge in [-0.15, -0.1) is 0 Å². The van der Waals surface area contributed by atoms with E-state index in [2.05, 4.69) is 0 Å². The maximum absolute atomic E-state index is 8.93. The van der Waals surface area contributed by atoms with Gasteiger partial charge in [0.25, 0.3) is 0 Å². The fraction of sp³-hybridized carbons (Fsp3) is 0.571. The lowest BCUT2D eigenvalue weighted by atomic mass is 10.1. The van der Waals surface area contributed by atoms with E-state index in [0.717, 1.165) is 30.8 Å². The van der Waals surface area contributed by atoms with E-state index in [0.29, 0.717) is 18.8 Å². The van der Waals surface area contributed by atoms with Gasteiger partial charge >= 0.3 is 0 Å². The number of aliphatic hydroxyl groups is 1. The summed E-state index contributed by atoms with van der Waals surface area (Å²) in [6.07, 6.45) is 2.79. The van der Waals surface area contributed by atoms with Gasteiger partial charge in [0.05, 0.1) is 13.7 Å². The molecule has 2 rings (SSSR count). The van der Waals surface area contributed by atoms with Crippen LogP contribution in [-0.4, -0.2) is 38.1 Å². The number of aliphatic hydroxyl groups excluding tert-OH is 1. The Morgan fingerprint density at radius 3 is 2.94 bits per heavy atom. The second-order valence-electron chi connectivity index (χ2n) is 4.42. The van der Waals surface area contributed by atoms with E-state index < -0.39 is 0 Å². The van der Waals surface area contributed by atoms with Crippen LogP contribution >= 0.6 is 0 Å². The van der Waals surface area contributed by atoms with Gasteiger partial charge in [0.1, 0.15) is 6.10 Å². The van der Waals surface area contributed by atoms with Gasteiger partial charge in [0.2, 0.25) is 0 Å². The lowest BCUT2D eigenvalue weighted by Crippen LogP contribution is -2.28. The van der Waals surface area contributed by atoms with Crippen LogP contribution in [0.5, 0.6) is 11.5 Å². The number of benzene rings is 1. The Bertz CT molecular complexity index is 372. The summed E-state index contributed by atoms with van der Waals surface area (Å²) in [5, 5.41) is 8.93. The van der Waals surface area contributed by atoms with Crippen LogP contribution in [0.4, 0.5) is 0 Å². The van der Waals surface area contributed by atoms with E-state index in [1.807, 2.05) is 18.2 Å². The molecule has 0 spiro atoms. The predicted octanol–water partition coefficient (Wildman–Crippen LogP) is 1.79. The molecule has 1 aliphatic rings. The predicted molar refractivity (Wildman–Crippen MR) is 68.3 cm³/mol. The molecule has 1 saturated heterocycles. The van der Waals surface area contributed by atoms with Crippen molar-refractivity contribution in [1.82, 2.24) is 0 Å². The van der Waals surface area contributed by atoms with Crippen LogP contribution in [0.25, 0.3) is 0 Å². The standard InChI is InChI=1S/C14H20O4/c1-16-14-9-11(6-7-15)4-5-13(14)18-12-3-2-8-17-10-12/h4-5,9,12,15H,2-3,6-8,10H2,1H3. The van der Waals surface area contributed by atoms with Gasteiger partial charge in [0, 0.05) is 13.2 Å². The van der Waals surface area contributed by atoms with Crippen molar-refractivity contribution >= 4 is 0 Å². The van der Waals surface area contributed by atoms with Crippen LogP contribution in [-0.2, 0) is 11.2 Å². The average Bonchev–Trinajstić information content (AvgIpc) is 2.42. The van der Waals surface area contributed by atoms with E-state index in [1.165, 1.54) is 0 Å². The molecule has 4 heteroatoms. The molecular weight excluding hydrogens is 232 g/mol. The highest BCUT2D eigenvalue weighted by molar-refractivity contribution is 5.43. The summed E-state index contributed by atoms with van der Waals surface area (Å²) in [4.78, 5) is 0. The summed E-state index contributed by atoms with van der Waals surface area (Å²) in [6, 6.07) is 5.77. The van der Waals surface area contributed by atoms with Crippen molar-refractivity contribution in [1.29, 1.82) is 0 Å². The summed E-state index contributed by atoms with van der Waals surface area (Å²) in [7, 11) is 1.63. The molecule has 18 heavy (non-hydrogen) atoms. The van der Waals surface area contributed by atoms with Crippen LogP contribution < -0.4 is 9.47 Å². The third kappa shape index (κ3) is 3.37. The molecule has 0 bridgehead atoms. The molecule has 0 radical (unpaired) electrons. The molecule has 1 aliphatic heterocycles. The zero-order valence-corrected chi connectivity index (χ0v) is 10.7. The molecule has 0 saturated carbocycles. The molecule has 1 aromatic carbocycles. The SMILES string of the molecule is COc1cc(CCO)ccc1OC1CCCOC1. The molecule has 1 unspecified atom stereocenters. The summed E-state index contributed by atoms with van der Waals surface area (Å²) in [5.41, 5.74) is 1.04. The Morgan fingerprint density at radius 2 is 2.28 bits per heavy atom. The van der Waals surface area contributed by atoms with Gasteiger partial charge in [-0.25, -0.2) is 0 Å². The first kappa shape index (κ1) is 13.2. The van der Waals surface area contributed by atoms with Crippen molar-refractivity contribution in [3.8, 4) is 11.5 Å². The molecule has 1 N–H and O–H groups in total. The van der Waals surface area contributed by atoms with Crippen molar-refractivity contribution in [3.05, 3.63) is 23.8 Å². The van der Waals surface area contributed by atoms with Gasteiger partial charge in [-0.2, -0.15) is 0 Å². The third-order valence-corrected chi connectivity index (χ3v) is 3.04. The highest BCUT2D eigenvalue weighted by atomic mass is 16.5. The number of ether oxygens (including phenoxy) is 3. The number of methoxy groups -OCH3 is 1. The van der Waals surface area contributed by atoms with E-state index in [9.17, 15) is 0 Å². The smallest absolute Gasteiger partial charge is 0.161 e. The Morgan fingerprint density at radius 1 is 1.39 bits per heavy atom. The normalized spacial score (nSPS) is 19.6. The minimum atomic E-state index is 0.108. The lowest BCUT2D eigenvalue weighted by molar-refractivity contribution is 0.00643. The average molecular weight is 252 g/mol. The maximum Gasteiger partial charge on any atom is 0.161 e. The fourth-order valence-corrected chi connectivity index (χ4v) is 2.08. The molecule has 0 aromatic heterocycles. The van der Waals surface area contributed by atoms with Gasteiger partial charge in [-0.1, -0.05) is 6.07 Å². The molecule has 1 atom stereocenters. The van der Waals surface area contributed by atoms with Crippen molar-refractivity contribution in [2.45, 2.75) is 25.4 Å². The third-order valence-electron chi connectivity index (χ3n) is 3.04. The van der Waals surface area contributed by atoms with E-state index in [1.54, 1.807) is 7.11 Å². The Labute approximate surface area is 107 Å². The molecule has 100 valence electrons. The largest absolute Gasteiger partial charge is 0.493 e. The van der Waals surface area contributed by atoms with Crippen molar-refractivity contribution in [3.63, 3.8) is 0 Å². The minimum absolute atomic E-state index is 0.108. The van der Waals surface area contributed by atoms with E-state index in [4.69, 9.17) is 19.3 Å². The van der Waals surface area contributed by atoms with E-state index >= 15 is 0 Å². The molecule has 0 amide bonds. The number of rotatable bonds is 5.